The predicted octanol–water partition coefficient (Wildman–Crippen LogP) is 6.02. The van der Waals surface area contributed by atoms with Gasteiger partial charge in [0.2, 0.25) is 5.91 Å². The number of benzene rings is 1. The van der Waals surface area contributed by atoms with E-state index in [1.54, 1.807) is 34.0 Å². The molecule has 4 aliphatic rings. The second-order valence-electron chi connectivity index (χ2n) is 15.7. The quantitative estimate of drug-likeness (QED) is 0.274. The summed E-state index contributed by atoms with van der Waals surface area (Å²) in [4.78, 5) is 47.2. The number of hydrogen-bond donors (Lipinski definition) is 1. The summed E-state index contributed by atoms with van der Waals surface area (Å²) < 4.78 is 47.4. The molecule has 272 valence electrons. The second-order valence-corrected chi connectivity index (χ2v) is 15.7. The number of hydrogen-bond acceptors (Lipinski definition) is 6. The maximum atomic E-state index is 13.8. The molecule has 4 fully saturated rings. The molecule has 1 spiro atoms. The van der Waals surface area contributed by atoms with Gasteiger partial charge in [-0.25, -0.2) is 4.79 Å². The van der Waals surface area contributed by atoms with Crippen LogP contribution in [0.25, 0.3) is 0 Å². The molecular formula is C38H44F3N5O5. The Labute approximate surface area is 295 Å². The first-order valence-corrected chi connectivity index (χ1v) is 17.7. The minimum absolute atomic E-state index is 0.00701. The molecule has 2 aliphatic heterocycles. The lowest BCUT2D eigenvalue weighted by molar-refractivity contribution is -0.182. The molecule has 2 aliphatic carbocycles. The summed E-state index contributed by atoms with van der Waals surface area (Å²) in [6.07, 6.45) is 1.02. The molecule has 51 heavy (non-hydrogen) atoms. The van der Waals surface area contributed by atoms with E-state index in [9.17, 15) is 32.7 Å². The van der Waals surface area contributed by atoms with Crippen LogP contribution in [0.2, 0.25) is 0 Å². The lowest BCUT2D eigenvalue weighted by Crippen LogP contribution is -2.63. The maximum absolute atomic E-state index is 13.8. The molecule has 2 amide bonds. The molecule has 1 N–H and O–H groups in total. The number of amides is 2. The first-order chi connectivity index (χ1) is 24.2. The summed E-state index contributed by atoms with van der Waals surface area (Å²) in [5.74, 6) is -2.29. The van der Waals surface area contributed by atoms with Crippen molar-refractivity contribution in [1.82, 2.24) is 24.6 Å². The Balaban J connectivity index is 1.00. The van der Waals surface area contributed by atoms with Gasteiger partial charge in [0.05, 0.1) is 48.7 Å². The highest BCUT2D eigenvalue weighted by molar-refractivity contribution is 5.94. The van der Waals surface area contributed by atoms with Crippen LogP contribution in [0.4, 0.5) is 13.2 Å². The number of aromatic carboxylic acids is 1. The Morgan fingerprint density at radius 2 is 1.69 bits per heavy atom. The Hall–Kier alpha value is -4.26. The number of carboxylic acids is 1. The molecular weight excluding hydrogens is 663 g/mol. The topological polar surface area (TPSA) is 118 Å². The zero-order chi connectivity index (χ0) is 36.1. The fourth-order valence-electron chi connectivity index (χ4n) is 8.37. The zero-order valence-electron chi connectivity index (χ0n) is 28.9. The molecule has 2 atom stereocenters. The van der Waals surface area contributed by atoms with Gasteiger partial charge in [0, 0.05) is 61.2 Å². The SMILES string of the molecule is CC1(C)C[C@@H]1C(=O)N1CC2(CN(C(=O)c3cnn(Cc4ccccc4C(=O)O)c3)C[C@H]2COCc2cccc(C3CCC(C(F)(F)F)CC3)n2)C1. The van der Waals surface area contributed by atoms with Gasteiger partial charge in [0.15, 0.2) is 0 Å². The lowest BCUT2D eigenvalue weighted by Gasteiger charge is -2.51. The van der Waals surface area contributed by atoms with E-state index in [1.165, 1.54) is 12.3 Å². The normalized spacial score (nSPS) is 25.1. The average Bonchev–Trinajstić information content (AvgIpc) is 3.37. The molecule has 0 radical (unpaired) electrons. The van der Waals surface area contributed by atoms with Gasteiger partial charge < -0.3 is 19.6 Å². The highest BCUT2D eigenvalue weighted by Gasteiger charge is 2.60. The van der Waals surface area contributed by atoms with Crippen LogP contribution in [0.15, 0.2) is 54.9 Å². The molecule has 2 aromatic heterocycles. The summed E-state index contributed by atoms with van der Waals surface area (Å²) in [5, 5.41) is 13.9. The number of aromatic nitrogens is 3. The van der Waals surface area contributed by atoms with Crippen molar-refractivity contribution in [3.05, 3.63) is 82.9 Å². The van der Waals surface area contributed by atoms with Gasteiger partial charge in [-0.15, -0.1) is 0 Å². The highest BCUT2D eigenvalue weighted by Crippen LogP contribution is 2.54. The zero-order valence-corrected chi connectivity index (χ0v) is 28.9. The number of halogens is 3. The molecule has 0 unspecified atom stereocenters. The molecule has 0 bridgehead atoms. The lowest BCUT2D eigenvalue weighted by atomic mass is 9.71. The van der Waals surface area contributed by atoms with Crippen LogP contribution in [0.1, 0.15) is 89.5 Å². The fourth-order valence-corrected chi connectivity index (χ4v) is 8.37. The summed E-state index contributed by atoms with van der Waals surface area (Å²) in [5.41, 5.74) is 2.38. The Bertz CT molecular complexity index is 1790. The van der Waals surface area contributed by atoms with E-state index in [2.05, 4.69) is 18.9 Å². The third kappa shape index (κ3) is 7.27. The minimum atomic E-state index is -4.15. The van der Waals surface area contributed by atoms with Crippen LogP contribution in [-0.4, -0.2) is 86.4 Å². The van der Waals surface area contributed by atoms with Crippen LogP contribution in [0, 0.1) is 28.6 Å². The number of carbonyl (C=O) groups is 3. The molecule has 1 aromatic carbocycles. The third-order valence-corrected chi connectivity index (χ3v) is 11.7. The van der Waals surface area contributed by atoms with E-state index in [0.717, 1.165) is 12.1 Å². The first-order valence-electron chi connectivity index (χ1n) is 17.7. The van der Waals surface area contributed by atoms with Crippen molar-refractivity contribution in [3.8, 4) is 0 Å². The minimum Gasteiger partial charge on any atom is -0.478 e. The van der Waals surface area contributed by atoms with E-state index < -0.39 is 18.1 Å². The Kier molecular flexibility index (Phi) is 9.22. The van der Waals surface area contributed by atoms with E-state index in [4.69, 9.17) is 9.72 Å². The van der Waals surface area contributed by atoms with Gasteiger partial charge >= 0.3 is 12.1 Å². The fraction of sp³-hybridized carbons (Fsp3) is 0.553. The van der Waals surface area contributed by atoms with Gasteiger partial charge in [0.1, 0.15) is 0 Å². The van der Waals surface area contributed by atoms with Gasteiger partial charge in [-0.05, 0) is 61.3 Å². The number of pyridine rings is 1. The van der Waals surface area contributed by atoms with Crippen LogP contribution < -0.4 is 0 Å². The average molecular weight is 708 g/mol. The first kappa shape index (κ1) is 35.2. The smallest absolute Gasteiger partial charge is 0.391 e. The molecule has 10 nitrogen and oxygen atoms in total. The van der Waals surface area contributed by atoms with Crippen molar-refractivity contribution in [2.24, 2.45) is 28.6 Å². The largest absolute Gasteiger partial charge is 0.478 e. The van der Waals surface area contributed by atoms with Crippen LogP contribution in [0.5, 0.6) is 0 Å². The van der Waals surface area contributed by atoms with Crippen molar-refractivity contribution in [3.63, 3.8) is 0 Å². The van der Waals surface area contributed by atoms with Crippen LogP contribution >= 0.6 is 0 Å². The van der Waals surface area contributed by atoms with Crippen molar-refractivity contribution in [2.75, 3.05) is 32.8 Å². The van der Waals surface area contributed by atoms with Crippen LogP contribution in [-0.2, 0) is 22.7 Å². The van der Waals surface area contributed by atoms with E-state index in [-0.39, 0.29) is 72.0 Å². The number of nitrogens with zero attached hydrogens (tertiary/aromatic N) is 5. The summed E-state index contributed by atoms with van der Waals surface area (Å²) in [6.45, 7) is 7.02. The number of rotatable bonds is 10. The summed E-state index contributed by atoms with van der Waals surface area (Å²) in [7, 11) is 0. The molecule has 3 aromatic rings. The van der Waals surface area contributed by atoms with Gasteiger partial charge in [-0.1, -0.05) is 38.1 Å². The summed E-state index contributed by atoms with van der Waals surface area (Å²) >= 11 is 0. The van der Waals surface area contributed by atoms with Crippen LogP contribution in [0.3, 0.4) is 0 Å². The van der Waals surface area contributed by atoms with Crippen molar-refractivity contribution in [2.45, 2.75) is 71.2 Å². The maximum Gasteiger partial charge on any atom is 0.391 e. The number of ether oxygens (including phenoxy) is 1. The second kappa shape index (κ2) is 13.4. The monoisotopic (exact) mass is 707 g/mol. The van der Waals surface area contributed by atoms with Gasteiger partial charge in [0.25, 0.3) is 5.91 Å². The summed E-state index contributed by atoms with van der Waals surface area (Å²) in [6, 6.07) is 12.3. The molecule has 2 saturated carbocycles. The standard InChI is InChI=1S/C38H44F3N5O5/c1-36(2)14-31(36)34(48)45-22-37(23-45)21-44(33(47)26-15-42-46(17-26)16-25-6-3-4-8-30(25)35(49)50)18-28(37)19-51-20-29-7-5-9-32(43-29)24-10-12-27(13-11-24)38(39,40)41/h3-9,15,17,24,27-28,31H,10-14,16,18-23H2,1-2H3,(H,49,50)/t24?,27?,28-,31+/m0/s1. The van der Waals surface area contributed by atoms with Crippen molar-refractivity contribution < 1.29 is 37.4 Å². The molecule has 2 saturated heterocycles. The number of likely N-dealkylation sites (tertiary alicyclic amines) is 2. The molecule has 13 heteroatoms. The molecule has 7 rings (SSSR count). The third-order valence-electron chi connectivity index (χ3n) is 11.7. The Morgan fingerprint density at radius 3 is 2.37 bits per heavy atom. The van der Waals surface area contributed by atoms with Crippen molar-refractivity contribution in [1.29, 1.82) is 0 Å². The van der Waals surface area contributed by atoms with E-state index in [1.807, 2.05) is 23.1 Å². The molecule has 4 heterocycles. The number of carbonyl (C=O) groups excluding carboxylic acids is 2. The van der Waals surface area contributed by atoms with Crippen molar-refractivity contribution >= 4 is 17.8 Å². The van der Waals surface area contributed by atoms with Gasteiger partial charge in [-0.2, -0.15) is 18.3 Å². The highest BCUT2D eigenvalue weighted by atomic mass is 19.4. The van der Waals surface area contributed by atoms with E-state index >= 15 is 0 Å². The van der Waals surface area contributed by atoms with Gasteiger partial charge in [-0.3, -0.25) is 19.3 Å². The number of carboxylic acid groups (broad SMARTS) is 1. The predicted molar refractivity (Wildman–Crippen MR) is 180 cm³/mol. The Morgan fingerprint density at radius 1 is 0.980 bits per heavy atom. The van der Waals surface area contributed by atoms with E-state index in [0.29, 0.717) is 62.4 Å². The number of alkyl halides is 3.